The van der Waals surface area contributed by atoms with E-state index >= 15 is 0 Å². The van der Waals surface area contributed by atoms with Crippen LogP contribution < -0.4 is 10.6 Å². The molecule has 0 aliphatic heterocycles. The molecular formula is C10H8FN3OS. The number of aromatic nitrogens is 1. The van der Waals surface area contributed by atoms with Crippen LogP contribution in [0.3, 0.4) is 0 Å². The van der Waals surface area contributed by atoms with Crippen molar-refractivity contribution in [3.63, 3.8) is 0 Å². The third-order valence-electron chi connectivity index (χ3n) is 1.74. The molecule has 1 aromatic heterocycles. The Balaban J connectivity index is 1.97. The zero-order valence-electron chi connectivity index (χ0n) is 8.11. The molecule has 2 N–H and O–H groups in total. The number of thiazole rings is 1. The molecule has 2 amide bonds. The number of benzene rings is 1. The van der Waals surface area contributed by atoms with Crippen molar-refractivity contribution in [2.24, 2.45) is 0 Å². The minimum absolute atomic E-state index is 0.396. The highest BCUT2D eigenvalue weighted by atomic mass is 32.1. The first-order chi connectivity index (χ1) is 7.74. The van der Waals surface area contributed by atoms with E-state index in [4.69, 9.17) is 0 Å². The summed E-state index contributed by atoms with van der Waals surface area (Å²) in [6.07, 6.45) is 1.59. The van der Waals surface area contributed by atoms with E-state index in [1.54, 1.807) is 17.6 Å². The number of nitrogens with zero attached hydrogens (tertiary/aromatic N) is 1. The molecule has 0 radical (unpaired) electrons. The van der Waals surface area contributed by atoms with Crippen LogP contribution in [0.2, 0.25) is 0 Å². The van der Waals surface area contributed by atoms with E-state index in [-0.39, 0.29) is 0 Å². The van der Waals surface area contributed by atoms with Crippen LogP contribution in [-0.4, -0.2) is 11.0 Å². The number of carbonyl (C=O) groups excluding carboxylic acids is 1. The monoisotopic (exact) mass is 237 g/mol. The van der Waals surface area contributed by atoms with Gasteiger partial charge in [-0.15, -0.1) is 11.3 Å². The van der Waals surface area contributed by atoms with E-state index in [0.29, 0.717) is 10.8 Å². The number of rotatable bonds is 2. The van der Waals surface area contributed by atoms with Gasteiger partial charge in [-0.1, -0.05) is 6.07 Å². The van der Waals surface area contributed by atoms with Crippen LogP contribution in [0.5, 0.6) is 0 Å². The summed E-state index contributed by atoms with van der Waals surface area (Å²) in [5.74, 6) is -0.396. The lowest BCUT2D eigenvalue weighted by Gasteiger charge is -2.04. The SMILES string of the molecule is O=C(Nc1cccc(F)c1)Nc1nccs1. The lowest BCUT2D eigenvalue weighted by atomic mass is 10.3. The van der Waals surface area contributed by atoms with Crippen molar-refractivity contribution < 1.29 is 9.18 Å². The first kappa shape index (κ1) is 10.6. The average molecular weight is 237 g/mol. The first-order valence-corrected chi connectivity index (χ1v) is 5.35. The molecule has 0 aliphatic carbocycles. The van der Waals surface area contributed by atoms with Crippen LogP contribution in [0.4, 0.5) is 20.0 Å². The molecule has 4 nitrogen and oxygen atoms in total. The van der Waals surface area contributed by atoms with Crippen molar-refractivity contribution in [1.29, 1.82) is 0 Å². The Labute approximate surface area is 95.1 Å². The van der Waals surface area contributed by atoms with Crippen molar-refractivity contribution >= 4 is 28.2 Å². The molecule has 1 aromatic carbocycles. The Hall–Kier alpha value is -1.95. The van der Waals surface area contributed by atoms with Crippen LogP contribution in [0.25, 0.3) is 0 Å². The van der Waals surface area contributed by atoms with E-state index in [2.05, 4.69) is 15.6 Å². The molecule has 0 aliphatic rings. The smallest absolute Gasteiger partial charge is 0.308 e. The molecule has 2 aromatic rings. The molecule has 16 heavy (non-hydrogen) atoms. The molecule has 82 valence electrons. The number of halogens is 1. The minimum atomic E-state index is -0.444. The van der Waals surface area contributed by atoms with Crippen molar-refractivity contribution in [2.75, 3.05) is 10.6 Å². The predicted molar refractivity (Wildman–Crippen MR) is 61.2 cm³/mol. The van der Waals surface area contributed by atoms with Crippen LogP contribution in [0.15, 0.2) is 35.8 Å². The fourth-order valence-corrected chi connectivity index (χ4v) is 1.63. The summed E-state index contributed by atoms with van der Waals surface area (Å²) in [6, 6.07) is 5.23. The first-order valence-electron chi connectivity index (χ1n) is 4.47. The molecule has 0 unspecified atom stereocenters. The molecule has 0 saturated carbocycles. The molecule has 0 fully saturated rings. The van der Waals surface area contributed by atoms with Gasteiger partial charge in [0.1, 0.15) is 5.82 Å². The van der Waals surface area contributed by atoms with E-state index < -0.39 is 11.8 Å². The number of hydrogen-bond acceptors (Lipinski definition) is 3. The maximum absolute atomic E-state index is 12.8. The highest BCUT2D eigenvalue weighted by molar-refractivity contribution is 7.13. The number of nitrogens with one attached hydrogen (secondary N) is 2. The summed E-state index contributed by atoms with van der Waals surface area (Å²) in [4.78, 5) is 15.3. The van der Waals surface area contributed by atoms with Gasteiger partial charge < -0.3 is 5.32 Å². The third kappa shape index (κ3) is 2.77. The van der Waals surface area contributed by atoms with E-state index in [1.165, 1.54) is 29.5 Å². The van der Waals surface area contributed by atoms with Gasteiger partial charge in [-0.05, 0) is 18.2 Å². The number of hydrogen-bond donors (Lipinski definition) is 2. The largest absolute Gasteiger partial charge is 0.325 e. The van der Waals surface area contributed by atoms with Crippen LogP contribution in [-0.2, 0) is 0 Å². The fraction of sp³-hybridized carbons (Fsp3) is 0. The van der Waals surface area contributed by atoms with Gasteiger partial charge in [0.15, 0.2) is 5.13 Å². The quantitative estimate of drug-likeness (QED) is 0.843. The highest BCUT2D eigenvalue weighted by Gasteiger charge is 2.04. The van der Waals surface area contributed by atoms with Gasteiger partial charge in [-0.2, -0.15) is 0 Å². The summed E-state index contributed by atoms with van der Waals surface area (Å²) in [7, 11) is 0. The Bertz CT molecular complexity index is 487. The number of urea groups is 1. The number of anilines is 2. The summed E-state index contributed by atoms with van der Waals surface area (Å²) in [5, 5.41) is 7.26. The summed E-state index contributed by atoms with van der Waals surface area (Å²) >= 11 is 1.31. The van der Waals surface area contributed by atoms with Crippen LogP contribution >= 0.6 is 11.3 Å². The van der Waals surface area contributed by atoms with Crippen molar-refractivity contribution in [3.8, 4) is 0 Å². The summed E-state index contributed by atoms with van der Waals surface area (Å²) < 4.78 is 12.8. The van der Waals surface area contributed by atoms with Gasteiger partial charge in [-0.3, -0.25) is 5.32 Å². The zero-order valence-corrected chi connectivity index (χ0v) is 8.92. The van der Waals surface area contributed by atoms with E-state index in [0.717, 1.165) is 0 Å². The maximum atomic E-state index is 12.8. The third-order valence-corrected chi connectivity index (χ3v) is 2.42. The van der Waals surface area contributed by atoms with Gasteiger partial charge in [0.05, 0.1) is 0 Å². The Kier molecular flexibility index (Phi) is 3.11. The van der Waals surface area contributed by atoms with Crippen molar-refractivity contribution in [1.82, 2.24) is 4.98 Å². The van der Waals surface area contributed by atoms with Crippen LogP contribution in [0.1, 0.15) is 0 Å². The second-order valence-electron chi connectivity index (χ2n) is 2.93. The molecule has 1 heterocycles. The van der Waals surface area contributed by atoms with Crippen LogP contribution in [0, 0.1) is 5.82 Å². The van der Waals surface area contributed by atoms with E-state index in [9.17, 15) is 9.18 Å². The number of carbonyl (C=O) groups is 1. The zero-order chi connectivity index (χ0) is 11.4. The van der Waals surface area contributed by atoms with E-state index in [1.807, 2.05) is 0 Å². The average Bonchev–Trinajstić information content (AvgIpc) is 2.70. The normalized spacial score (nSPS) is 9.81. The fourth-order valence-electron chi connectivity index (χ4n) is 1.11. The molecule has 0 atom stereocenters. The van der Waals surface area contributed by atoms with Gasteiger partial charge in [-0.25, -0.2) is 14.2 Å². The minimum Gasteiger partial charge on any atom is -0.308 e. The second-order valence-corrected chi connectivity index (χ2v) is 3.82. The van der Waals surface area contributed by atoms with Gasteiger partial charge in [0.2, 0.25) is 0 Å². The Morgan fingerprint density at radius 1 is 1.38 bits per heavy atom. The molecule has 2 rings (SSSR count). The number of amides is 2. The maximum Gasteiger partial charge on any atom is 0.325 e. The topological polar surface area (TPSA) is 54.0 Å². The Morgan fingerprint density at radius 3 is 2.94 bits per heavy atom. The van der Waals surface area contributed by atoms with Crippen molar-refractivity contribution in [3.05, 3.63) is 41.7 Å². The standard InChI is InChI=1S/C10H8FN3OS/c11-7-2-1-3-8(6-7)13-9(15)14-10-12-4-5-16-10/h1-6H,(H2,12,13,14,15). The molecule has 6 heteroatoms. The molecule has 0 saturated heterocycles. The van der Waals surface area contributed by atoms with Gasteiger partial charge in [0, 0.05) is 17.3 Å². The molecular weight excluding hydrogens is 229 g/mol. The van der Waals surface area contributed by atoms with Gasteiger partial charge >= 0.3 is 6.03 Å². The lowest BCUT2D eigenvalue weighted by Crippen LogP contribution is -2.19. The second kappa shape index (κ2) is 4.71. The molecule has 0 bridgehead atoms. The summed E-state index contributed by atoms with van der Waals surface area (Å²) in [5.41, 5.74) is 0.397. The summed E-state index contributed by atoms with van der Waals surface area (Å²) in [6.45, 7) is 0. The van der Waals surface area contributed by atoms with Crippen molar-refractivity contribution in [2.45, 2.75) is 0 Å². The predicted octanol–water partition coefficient (Wildman–Crippen LogP) is 2.93. The Morgan fingerprint density at radius 2 is 2.25 bits per heavy atom. The highest BCUT2D eigenvalue weighted by Crippen LogP contribution is 2.12. The van der Waals surface area contributed by atoms with Gasteiger partial charge in [0.25, 0.3) is 0 Å². The molecule has 0 spiro atoms. The lowest BCUT2D eigenvalue weighted by molar-refractivity contribution is 0.262.